The number of benzene rings is 1. The summed E-state index contributed by atoms with van der Waals surface area (Å²) < 4.78 is 2.89. The summed E-state index contributed by atoms with van der Waals surface area (Å²) >= 11 is 0. The quantitative estimate of drug-likeness (QED) is 0.560. The van der Waals surface area contributed by atoms with Crippen molar-refractivity contribution in [3.8, 4) is 0 Å². The van der Waals surface area contributed by atoms with Gasteiger partial charge in [-0.05, 0) is 41.5 Å². The Balaban J connectivity index is 1.43. The molecule has 140 valence electrons. The third kappa shape index (κ3) is 3.90. The summed E-state index contributed by atoms with van der Waals surface area (Å²) in [5.41, 5.74) is 2.80. The molecule has 3 heterocycles. The van der Waals surface area contributed by atoms with Crippen LogP contribution in [-0.4, -0.2) is 25.2 Å². The largest absolute Gasteiger partial charge is 0.350 e. The standard InChI is InChI=1S/C20H18N6O2/c27-19(22-13-16-6-4-9-21-12-16)23-17-7-3-5-15(11-17)14-26-20(28)25-10-2-1-8-18(25)24-26/h1-12H,13-14H2,(H2,22,23,27). The number of pyridine rings is 2. The minimum Gasteiger partial charge on any atom is -0.334 e. The molecule has 2 amide bonds. The first kappa shape index (κ1) is 17.5. The summed E-state index contributed by atoms with van der Waals surface area (Å²) in [6.07, 6.45) is 5.07. The zero-order valence-electron chi connectivity index (χ0n) is 14.9. The third-order valence-corrected chi connectivity index (χ3v) is 4.18. The van der Waals surface area contributed by atoms with E-state index in [0.717, 1.165) is 11.1 Å². The van der Waals surface area contributed by atoms with Crippen LogP contribution in [0.3, 0.4) is 0 Å². The molecule has 4 aromatic rings. The summed E-state index contributed by atoms with van der Waals surface area (Å²) in [6, 6.07) is 16.1. The summed E-state index contributed by atoms with van der Waals surface area (Å²) in [7, 11) is 0. The van der Waals surface area contributed by atoms with Crippen LogP contribution in [0.5, 0.6) is 0 Å². The van der Waals surface area contributed by atoms with Crippen molar-refractivity contribution in [1.29, 1.82) is 0 Å². The third-order valence-electron chi connectivity index (χ3n) is 4.18. The van der Waals surface area contributed by atoms with Crippen LogP contribution in [0.15, 0.2) is 78.0 Å². The van der Waals surface area contributed by atoms with Crippen molar-refractivity contribution < 1.29 is 4.79 Å². The van der Waals surface area contributed by atoms with Crippen molar-refractivity contribution in [3.05, 3.63) is 94.8 Å². The number of amides is 2. The van der Waals surface area contributed by atoms with Crippen molar-refractivity contribution in [1.82, 2.24) is 24.5 Å². The van der Waals surface area contributed by atoms with E-state index in [-0.39, 0.29) is 11.7 Å². The highest BCUT2D eigenvalue weighted by Gasteiger charge is 2.08. The lowest BCUT2D eigenvalue weighted by Crippen LogP contribution is -2.28. The van der Waals surface area contributed by atoms with Crippen LogP contribution < -0.4 is 16.3 Å². The van der Waals surface area contributed by atoms with Gasteiger partial charge in [0.15, 0.2) is 5.65 Å². The Labute approximate surface area is 160 Å². The molecule has 0 saturated heterocycles. The Morgan fingerprint density at radius 2 is 1.93 bits per heavy atom. The number of carbonyl (C=O) groups is 1. The fourth-order valence-electron chi connectivity index (χ4n) is 2.85. The molecule has 0 spiro atoms. The Morgan fingerprint density at radius 3 is 2.75 bits per heavy atom. The molecule has 0 aliphatic rings. The highest BCUT2D eigenvalue weighted by molar-refractivity contribution is 5.89. The lowest BCUT2D eigenvalue weighted by molar-refractivity contribution is 0.251. The maximum Gasteiger partial charge on any atom is 0.350 e. The fourth-order valence-corrected chi connectivity index (χ4v) is 2.85. The summed E-state index contributed by atoms with van der Waals surface area (Å²) in [6.45, 7) is 0.698. The average molecular weight is 374 g/mol. The number of nitrogens with one attached hydrogen (secondary N) is 2. The van der Waals surface area contributed by atoms with E-state index in [0.29, 0.717) is 24.4 Å². The van der Waals surface area contributed by atoms with Crippen LogP contribution in [-0.2, 0) is 13.1 Å². The van der Waals surface area contributed by atoms with Crippen LogP contribution in [0.25, 0.3) is 5.65 Å². The Kier molecular flexibility index (Phi) is 4.83. The first-order valence-electron chi connectivity index (χ1n) is 8.76. The van der Waals surface area contributed by atoms with E-state index in [2.05, 4.69) is 20.7 Å². The van der Waals surface area contributed by atoms with Crippen LogP contribution >= 0.6 is 0 Å². The van der Waals surface area contributed by atoms with Crippen molar-refractivity contribution in [2.45, 2.75) is 13.1 Å². The summed E-state index contributed by atoms with van der Waals surface area (Å²) in [4.78, 5) is 28.5. The van der Waals surface area contributed by atoms with Crippen molar-refractivity contribution >= 4 is 17.4 Å². The van der Waals surface area contributed by atoms with Gasteiger partial charge in [0, 0.05) is 30.8 Å². The number of hydrogen-bond acceptors (Lipinski definition) is 4. The van der Waals surface area contributed by atoms with E-state index in [1.807, 2.05) is 36.4 Å². The van der Waals surface area contributed by atoms with Gasteiger partial charge in [-0.1, -0.05) is 24.3 Å². The molecular formula is C20H18N6O2. The van der Waals surface area contributed by atoms with E-state index in [1.54, 1.807) is 36.8 Å². The van der Waals surface area contributed by atoms with Gasteiger partial charge in [-0.15, -0.1) is 5.10 Å². The van der Waals surface area contributed by atoms with Gasteiger partial charge in [0.25, 0.3) is 0 Å². The monoisotopic (exact) mass is 374 g/mol. The minimum atomic E-state index is -0.314. The number of aromatic nitrogens is 4. The number of rotatable bonds is 5. The Morgan fingerprint density at radius 1 is 1.04 bits per heavy atom. The highest BCUT2D eigenvalue weighted by Crippen LogP contribution is 2.11. The molecule has 0 bridgehead atoms. The maximum absolute atomic E-state index is 12.4. The van der Waals surface area contributed by atoms with Crippen molar-refractivity contribution in [3.63, 3.8) is 0 Å². The van der Waals surface area contributed by atoms with E-state index in [1.165, 1.54) is 9.08 Å². The van der Waals surface area contributed by atoms with Gasteiger partial charge in [0.05, 0.1) is 6.54 Å². The molecule has 0 saturated carbocycles. The molecule has 1 aromatic carbocycles. The van der Waals surface area contributed by atoms with E-state index in [9.17, 15) is 9.59 Å². The zero-order chi connectivity index (χ0) is 19.3. The number of hydrogen-bond donors (Lipinski definition) is 2. The minimum absolute atomic E-state index is 0.205. The first-order chi connectivity index (χ1) is 13.7. The molecule has 0 fully saturated rings. The number of anilines is 1. The molecule has 28 heavy (non-hydrogen) atoms. The van der Waals surface area contributed by atoms with Crippen molar-refractivity contribution in [2.24, 2.45) is 0 Å². The predicted molar refractivity (Wildman–Crippen MR) is 105 cm³/mol. The summed E-state index contributed by atoms with van der Waals surface area (Å²) in [5.74, 6) is 0. The van der Waals surface area contributed by atoms with Crippen LogP contribution in [0, 0.1) is 0 Å². The topological polar surface area (TPSA) is 93.3 Å². The number of nitrogens with zero attached hydrogens (tertiary/aromatic N) is 4. The number of carbonyl (C=O) groups excluding carboxylic acids is 1. The van der Waals surface area contributed by atoms with Gasteiger partial charge in [-0.2, -0.15) is 0 Å². The first-order valence-corrected chi connectivity index (χ1v) is 8.76. The molecule has 0 aliphatic heterocycles. The molecule has 0 atom stereocenters. The van der Waals surface area contributed by atoms with E-state index < -0.39 is 0 Å². The van der Waals surface area contributed by atoms with Gasteiger partial charge in [0.1, 0.15) is 0 Å². The van der Waals surface area contributed by atoms with Gasteiger partial charge in [-0.25, -0.2) is 14.3 Å². The summed E-state index contributed by atoms with van der Waals surface area (Å²) in [5, 5.41) is 9.90. The SMILES string of the molecule is O=C(NCc1cccnc1)Nc1cccc(Cn2nc3ccccn3c2=O)c1. The number of urea groups is 1. The van der Waals surface area contributed by atoms with Gasteiger partial charge >= 0.3 is 11.7 Å². The molecule has 3 aromatic heterocycles. The van der Waals surface area contributed by atoms with Gasteiger partial charge < -0.3 is 10.6 Å². The second kappa shape index (κ2) is 7.75. The predicted octanol–water partition coefficient (Wildman–Crippen LogP) is 2.26. The van der Waals surface area contributed by atoms with Gasteiger partial charge in [-0.3, -0.25) is 9.38 Å². The Bertz CT molecular complexity index is 1170. The normalized spacial score (nSPS) is 10.7. The smallest absolute Gasteiger partial charge is 0.334 e. The zero-order valence-corrected chi connectivity index (χ0v) is 14.9. The fraction of sp³-hybridized carbons (Fsp3) is 0.100. The molecule has 8 heteroatoms. The van der Waals surface area contributed by atoms with E-state index in [4.69, 9.17) is 0 Å². The lowest BCUT2D eigenvalue weighted by Gasteiger charge is -2.09. The molecule has 2 N–H and O–H groups in total. The maximum atomic E-state index is 12.4. The molecule has 4 rings (SSSR count). The second-order valence-electron chi connectivity index (χ2n) is 6.24. The van der Waals surface area contributed by atoms with Crippen LogP contribution in [0.4, 0.5) is 10.5 Å². The molecule has 0 unspecified atom stereocenters. The van der Waals surface area contributed by atoms with E-state index >= 15 is 0 Å². The Hall–Kier alpha value is -3.94. The number of fused-ring (bicyclic) bond motifs is 1. The van der Waals surface area contributed by atoms with Crippen LogP contribution in [0.1, 0.15) is 11.1 Å². The van der Waals surface area contributed by atoms with Gasteiger partial charge in [0.2, 0.25) is 0 Å². The lowest BCUT2D eigenvalue weighted by atomic mass is 10.2. The molecule has 0 aliphatic carbocycles. The molecule has 8 nitrogen and oxygen atoms in total. The van der Waals surface area contributed by atoms with Crippen molar-refractivity contribution in [2.75, 3.05) is 5.32 Å². The second-order valence-corrected chi connectivity index (χ2v) is 6.24. The highest BCUT2D eigenvalue weighted by atomic mass is 16.2. The average Bonchev–Trinajstić information content (AvgIpc) is 3.03. The molecule has 0 radical (unpaired) electrons. The van der Waals surface area contributed by atoms with Crippen LogP contribution in [0.2, 0.25) is 0 Å². The molecular weight excluding hydrogens is 356 g/mol.